The van der Waals surface area contributed by atoms with Gasteiger partial charge in [0.2, 0.25) is 0 Å². The minimum Gasteiger partial charge on any atom is -0.396 e. The van der Waals surface area contributed by atoms with Gasteiger partial charge in [0.1, 0.15) is 0 Å². The average Bonchev–Trinajstić information content (AvgIpc) is 2.13. The summed E-state index contributed by atoms with van der Waals surface area (Å²) < 4.78 is 21.9. The van der Waals surface area contributed by atoms with Gasteiger partial charge in [0, 0.05) is 6.61 Å². The van der Waals surface area contributed by atoms with E-state index in [9.17, 15) is 4.57 Å². The largest absolute Gasteiger partial charge is 0.396 e. The van der Waals surface area contributed by atoms with Crippen molar-refractivity contribution in [2.45, 2.75) is 20.3 Å². The zero-order valence-electron chi connectivity index (χ0n) is 8.86. The lowest BCUT2D eigenvalue weighted by atomic mass is 10.5. The van der Waals surface area contributed by atoms with E-state index in [1.54, 1.807) is 13.8 Å². The van der Waals surface area contributed by atoms with Crippen LogP contribution >= 0.6 is 7.60 Å². The van der Waals surface area contributed by atoms with Crippen LogP contribution < -0.4 is 5.32 Å². The molecule has 0 heterocycles. The summed E-state index contributed by atoms with van der Waals surface area (Å²) >= 11 is 0. The molecular weight excluding hydrogens is 205 g/mol. The molecule has 0 aromatic heterocycles. The Balaban J connectivity index is 3.78. The zero-order chi connectivity index (χ0) is 10.9. The number of aliphatic hydroxyl groups is 1. The van der Waals surface area contributed by atoms with Crippen molar-refractivity contribution in [1.82, 2.24) is 5.32 Å². The summed E-state index contributed by atoms with van der Waals surface area (Å²) in [6.45, 7) is 5.04. The van der Waals surface area contributed by atoms with E-state index < -0.39 is 7.60 Å². The number of nitrogens with one attached hydrogen (secondary N) is 1. The Hall–Kier alpha value is 0.0700. The van der Waals surface area contributed by atoms with Gasteiger partial charge in [0.25, 0.3) is 0 Å². The highest BCUT2D eigenvalue weighted by molar-refractivity contribution is 7.53. The SMILES string of the molecule is CCOP(=O)(CNCCCO)OCC. The highest BCUT2D eigenvalue weighted by Gasteiger charge is 2.22. The Morgan fingerprint density at radius 2 is 1.86 bits per heavy atom. The first kappa shape index (κ1) is 14.1. The molecule has 0 aliphatic heterocycles. The molecule has 0 radical (unpaired) electrons. The van der Waals surface area contributed by atoms with Gasteiger partial charge < -0.3 is 19.5 Å². The molecule has 0 aromatic rings. The molecule has 0 amide bonds. The van der Waals surface area contributed by atoms with Gasteiger partial charge in [-0.25, -0.2) is 0 Å². The van der Waals surface area contributed by atoms with Crippen molar-refractivity contribution < 1.29 is 18.7 Å². The first-order valence-corrected chi connectivity index (χ1v) is 6.61. The van der Waals surface area contributed by atoms with Crippen molar-refractivity contribution in [2.24, 2.45) is 0 Å². The van der Waals surface area contributed by atoms with Crippen LogP contribution in [0.4, 0.5) is 0 Å². The van der Waals surface area contributed by atoms with Crippen molar-refractivity contribution in [1.29, 1.82) is 0 Å². The highest BCUT2D eigenvalue weighted by atomic mass is 31.2. The maximum absolute atomic E-state index is 11.8. The predicted octanol–water partition coefficient (Wildman–Crippen LogP) is 1.18. The average molecular weight is 225 g/mol. The maximum atomic E-state index is 11.8. The van der Waals surface area contributed by atoms with Crippen molar-refractivity contribution >= 4 is 7.60 Å². The zero-order valence-corrected chi connectivity index (χ0v) is 9.76. The molecule has 0 aromatic carbocycles. The lowest BCUT2D eigenvalue weighted by molar-refractivity contribution is 0.217. The van der Waals surface area contributed by atoms with E-state index in [-0.39, 0.29) is 12.9 Å². The van der Waals surface area contributed by atoms with Crippen LogP contribution in [-0.4, -0.2) is 37.8 Å². The van der Waals surface area contributed by atoms with Gasteiger partial charge in [-0.3, -0.25) is 4.57 Å². The molecular formula is C8H20NO4P. The Bertz CT molecular complexity index is 167. The summed E-state index contributed by atoms with van der Waals surface area (Å²) in [5.41, 5.74) is 0. The van der Waals surface area contributed by atoms with Crippen LogP contribution in [0.3, 0.4) is 0 Å². The third-order valence-electron chi connectivity index (χ3n) is 1.47. The van der Waals surface area contributed by atoms with Gasteiger partial charge in [-0.05, 0) is 26.8 Å². The molecule has 0 spiro atoms. The van der Waals surface area contributed by atoms with E-state index in [0.717, 1.165) is 0 Å². The fourth-order valence-corrected chi connectivity index (χ4v) is 2.42. The Morgan fingerprint density at radius 1 is 1.29 bits per heavy atom. The topological polar surface area (TPSA) is 67.8 Å². The second-order valence-electron chi connectivity index (χ2n) is 2.68. The molecule has 0 aliphatic rings. The lowest BCUT2D eigenvalue weighted by Crippen LogP contribution is -2.19. The van der Waals surface area contributed by atoms with E-state index in [2.05, 4.69) is 5.32 Å². The maximum Gasteiger partial charge on any atom is 0.344 e. The van der Waals surface area contributed by atoms with Gasteiger partial charge in [-0.2, -0.15) is 0 Å². The first-order chi connectivity index (χ1) is 6.68. The molecule has 14 heavy (non-hydrogen) atoms. The normalized spacial score (nSPS) is 11.9. The summed E-state index contributed by atoms with van der Waals surface area (Å²) in [5.74, 6) is 0. The molecule has 5 nitrogen and oxygen atoms in total. The number of hydrogen-bond acceptors (Lipinski definition) is 5. The van der Waals surface area contributed by atoms with Gasteiger partial charge >= 0.3 is 7.60 Å². The second-order valence-corrected chi connectivity index (χ2v) is 4.74. The van der Waals surface area contributed by atoms with Crippen LogP contribution in [0.2, 0.25) is 0 Å². The number of aliphatic hydroxyl groups excluding tert-OH is 1. The molecule has 2 N–H and O–H groups in total. The standard InChI is InChI=1S/C8H20NO4P/c1-3-12-14(11,13-4-2)8-9-6-5-7-10/h9-10H,3-8H2,1-2H3. The molecule has 0 rings (SSSR count). The summed E-state index contributed by atoms with van der Waals surface area (Å²) in [6, 6.07) is 0. The van der Waals surface area contributed by atoms with Crippen LogP contribution in [0, 0.1) is 0 Å². The molecule has 0 aliphatic carbocycles. The molecule has 0 bridgehead atoms. The molecule has 86 valence electrons. The predicted molar refractivity (Wildman–Crippen MR) is 55.4 cm³/mol. The van der Waals surface area contributed by atoms with Gasteiger partial charge in [0.05, 0.1) is 19.5 Å². The Labute approximate surface area is 85.3 Å². The summed E-state index contributed by atoms with van der Waals surface area (Å²) in [7, 11) is -2.95. The molecule has 0 saturated heterocycles. The third-order valence-corrected chi connectivity index (χ3v) is 3.38. The first-order valence-electron chi connectivity index (χ1n) is 4.88. The molecule has 6 heteroatoms. The lowest BCUT2D eigenvalue weighted by Gasteiger charge is -2.17. The minimum absolute atomic E-state index is 0.126. The smallest absolute Gasteiger partial charge is 0.344 e. The van der Waals surface area contributed by atoms with Gasteiger partial charge in [-0.1, -0.05) is 0 Å². The van der Waals surface area contributed by atoms with Crippen molar-refractivity contribution in [2.75, 3.05) is 32.7 Å². The van der Waals surface area contributed by atoms with Gasteiger partial charge in [0.15, 0.2) is 0 Å². The fraction of sp³-hybridized carbons (Fsp3) is 1.00. The quantitative estimate of drug-likeness (QED) is 0.455. The molecule has 0 saturated carbocycles. The van der Waals surface area contributed by atoms with E-state index in [1.165, 1.54) is 0 Å². The minimum atomic E-state index is -2.95. The van der Waals surface area contributed by atoms with Crippen LogP contribution in [0.15, 0.2) is 0 Å². The second kappa shape index (κ2) is 8.38. The van der Waals surface area contributed by atoms with E-state index >= 15 is 0 Å². The van der Waals surface area contributed by atoms with E-state index in [1.807, 2.05) is 0 Å². The third kappa shape index (κ3) is 6.51. The van der Waals surface area contributed by atoms with Crippen molar-refractivity contribution in [3.63, 3.8) is 0 Å². The van der Waals surface area contributed by atoms with Crippen LogP contribution in [-0.2, 0) is 13.6 Å². The van der Waals surface area contributed by atoms with Crippen LogP contribution in [0.1, 0.15) is 20.3 Å². The summed E-state index contributed by atoms with van der Waals surface area (Å²) in [5, 5.41) is 11.5. The highest BCUT2D eigenvalue weighted by Crippen LogP contribution is 2.46. The Kier molecular flexibility index (Phi) is 8.43. The molecule has 0 unspecified atom stereocenters. The Morgan fingerprint density at radius 3 is 2.29 bits per heavy atom. The fourth-order valence-electron chi connectivity index (χ4n) is 0.942. The number of rotatable bonds is 9. The molecule has 0 fully saturated rings. The molecule has 0 atom stereocenters. The summed E-state index contributed by atoms with van der Waals surface area (Å²) in [6.07, 6.45) is 0.840. The van der Waals surface area contributed by atoms with Crippen LogP contribution in [0.25, 0.3) is 0 Å². The number of hydrogen-bond donors (Lipinski definition) is 2. The van der Waals surface area contributed by atoms with E-state index in [0.29, 0.717) is 26.2 Å². The van der Waals surface area contributed by atoms with Crippen LogP contribution in [0.5, 0.6) is 0 Å². The van der Waals surface area contributed by atoms with Crippen molar-refractivity contribution in [3.8, 4) is 0 Å². The summed E-state index contributed by atoms with van der Waals surface area (Å²) in [4.78, 5) is 0. The van der Waals surface area contributed by atoms with Crippen molar-refractivity contribution in [3.05, 3.63) is 0 Å². The van der Waals surface area contributed by atoms with E-state index in [4.69, 9.17) is 14.2 Å². The monoisotopic (exact) mass is 225 g/mol. The van der Waals surface area contributed by atoms with Gasteiger partial charge in [-0.15, -0.1) is 0 Å².